The van der Waals surface area contributed by atoms with E-state index in [-0.39, 0.29) is 13.0 Å². The average Bonchev–Trinajstić information content (AvgIpc) is 2.57. The number of rotatable bonds is 2. The molecule has 1 radical (unpaired) electrons. The molecule has 2 fully saturated rings. The van der Waals surface area contributed by atoms with Crippen molar-refractivity contribution < 1.29 is 29.6 Å². The molecule has 2 aliphatic heterocycles. The van der Waals surface area contributed by atoms with Crippen molar-refractivity contribution in [1.29, 1.82) is 0 Å². The molecule has 4 atom stereocenters. The van der Waals surface area contributed by atoms with Gasteiger partial charge < -0.3 is 20.1 Å². The minimum Gasteiger partial charge on any atom is -0.394 e. The van der Waals surface area contributed by atoms with E-state index in [0.29, 0.717) is 0 Å². The number of carbonyl (C=O) groups is 2. The summed E-state index contributed by atoms with van der Waals surface area (Å²) in [5.74, 6) is -0.516. The highest BCUT2D eigenvalue weighted by molar-refractivity contribution is 5.96. The minimum atomic E-state index is -1.32. The molecule has 2 saturated heterocycles. The highest BCUT2D eigenvalue weighted by Gasteiger charge is 2.47. The van der Waals surface area contributed by atoms with E-state index in [4.69, 9.17) is 9.84 Å². The van der Waals surface area contributed by atoms with Crippen LogP contribution >= 0.6 is 0 Å². The molecular weight excluding hydrogens is 232 g/mol. The van der Waals surface area contributed by atoms with Gasteiger partial charge in [0.2, 0.25) is 0 Å². The molecule has 3 N–H and O–H groups in total. The lowest BCUT2D eigenvalue weighted by atomic mass is 10.1. The van der Waals surface area contributed by atoms with Crippen LogP contribution in [0.5, 0.6) is 0 Å². The number of aliphatic hydroxyl groups excluding tert-OH is 3. The van der Waals surface area contributed by atoms with Crippen molar-refractivity contribution in [1.82, 2.24) is 10.2 Å². The number of amides is 3. The lowest BCUT2D eigenvalue weighted by molar-refractivity contribution is -0.126. The molecule has 17 heavy (non-hydrogen) atoms. The first kappa shape index (κ1) is 12.2. The SMILES string of the molecule is O=C1CCN([C@@H]2O[C@H](CO)[C@@H](O)[C@H]2O)C(=O)[N]1. The second-order valence-corrected chi connectivity index (χ2v) is 3.96. The number of hydrogen-bond acceptors (Lipinski definition) is 6. The first-order valence-corrected chi connectivity index (χ1v) is 5.22. The Balaban J connectivity index is 2.08. The van der Waals surface area contributed by atoms with Crippen molar-refractivity contribution in [3.8, 4) is 0 Å². The van der Waals surface area contributed by atoms with Gasteiger partial charge in [-0.15, -0.1) is 0 Å². The molecule has 3 amide bonds. The van der Waals surface area contributed by atoms with Gasteiger partial charge in [-0.2, -0.15) is 5.32 Å². The Hall–Kier alpha value is -1.22. The maximum Gasteiger partial charge on any atom is 0.348 e. The molecule has 95 valence electrons. The number of imide groups is 1. The third-order valence-corrected chi connectivity index (χ3v) is 2.86. The molecule has 2 rings (SSSR count). The Kier molecular flexibility index (Phi) is 3.29. The second kappa shape index (κ2) is 4.57. The quantitative estimate of drug-likeness (QED) is 0.489. The molecule has 0 unspecified atom stereocenters. The lowest BCUT2D eigenvalue weighted by Gasteiger charge is -2.31. The number of nitrogens with zero attached hydrogens (tertiary/aromatic N) is 2. The van der Waals surface area contributed by atoms with E-state index in [1.807, 2.05) is 0 Å². The molecule has 0 aromatic carbocycles. The molecule has 0 bridgehead atoms. The Morgan fingerprint density at radius 2 is 2.06 bits per heavy atom. The van der Waals surface area contributed by atoms with E-state index in [1.165, 1.54) is 0 Å². The highest BCUT2D eigenvalue weighted by Crippen LogP contribution is 2.25. The first-order valence-electron chi connectivity index (χ1n) is 5.22. The highest BCUT2D eigenvalue weighted by atomic mass is 16.6. The molecule has 0 saturated carbocycles. The van der Waals surface area contributed by atoms with Gasteiger partial charge in [-0.1, -0.05) is 0 Å². The van der Waals surface area contributed by atoms with E-state index in [0.717, 1.165) is 4.90 Å². The maximum atomic E-state index is 11.4. The van der Waals surface area contributed by atoms with E-state index >= 15 is 0 Å². The van der Waals surface area contributed by atoms with Crippen LogP contribution in [0.15, 0.2) is 0 Å². The predicted octanol–water partition coefficient (Wildman–Crippen LogP) is -2.62. The van der Waals surface area contributed by atoms with E-state index < -0.39 is 43.1 Å². The lowest BCUT2D eigenvalue weighted by Crippen LogP contribution is -2.54. The van der Waals surface area contributed by atoms with Crippen LogP contribution in [0.3, 0.4) is 0 Å². The van der Waals surface area contributed by atoms with Crippen LogP contribution < -0.4 is 5.32 Å². The molecular formula is C9H13N2O6. The van der Waals surface area contributed by atoms with Crippen LogP contribution in [0.2, 0.25) is 0 Å². The van der Waals surface area contributed by atoms with E-state index in [9.17, 15) is 19.8 Å². The predicted molar refractivity (Wildman–Crippen MR) is 51.6 cm³/mol. The van der Waals surface area contributed by atoms with Gasteiger partial charge in [-0.3, -0.25) is 9.69 Å². The van der Waals surface area contributed by atoms with Gasteiger partial charge in [0, 0.05) is 13.0 Å². The fraction of sp³-hybridized carbons (Fsp3) is 0.778. The van der Waals surface area contributed by atoms with Gasteiger partial charge in [-0.25, -0.2) is 4.79 Å². The first-order chi connectivity index (χ1) is 8.04. The summed E-state index contributed by atoms with van der Waals surface area (Å²) in [6, 6.07) is -0.795. The van der Waals surface area contributed by atoms with Gasteiger partial charge in [0.05, 0.1) is 6.61 Å². The Bertz CT molecular complexity index is 335. The topological polar surface area (TPSA) is 121 Å². The molecule has 8 nitrogen and oxygen atoms in total. The van der Waals surface area contributed by atoms with Crippen LogP contribution in [-0.2, 0) is 9.53 Å². The Morgan fingerprint density at radius 3 is 2.59 bits per heavy atom. The van der Waals surface area contributed by atoms with Crippen molar-refractivity contribution in [3.63, 3.8) is 0 Å². The van der Waals surface area contributed by atoms with Gasteiger partial charge in [0.15, 0.2) is 6.23 Å². The molecule has 0 aromatic heterocycles. The fourth-order valence-corrected chi connectivity index (χ4v) is 1.91. The maximum absolute atomic E-state index is 11.4. The molecule has 0 aliphatic carbocycles. The Morgan fingerprint density at radius 1 is 1.35 bits per heavy atom. The number of carbonyl (C=O) groups excluding carboxylic acids is 2. The van der Waals surface area contributed by atoms with Gasteiger partial charge in [-0.05, 0) is 0 Å². The van der Waals surface area contributed by atoms with Gasteiger partial charge in [0.25, 0.3) is 5.91 Å². The largest absolute Gasteiger partial charge is 0.394 e. The summed E-state index contributed by atoms with van der Waals surface area (Å²) >= 11 is 0. The summed E-state index contributed by atoms with van der Waals surface area (Å²) in [6.07, 6.45) is -4.56. The number of ether oxygens (including phenoxy) is 1. The van der Waals surface area contributed by atoms with E-state index in [1.54, 1.807) is 0 Å². The molecule has 8 heteroatoms. The van der Waals surface area contributed by atoms with Crippen LogP contribution in [0.1, 0.15) is 6.42 Å². The third-order valence-electron chi connectivity index (χ3n) is 2.86. The van der Waals surface area contributed by atoms with Gasteiger partial charge >= 0.3 is 6.03 Å². The smallest absolute Gasteiger partial charge is 0.348 e. The molecule has 2 aliphatic rings. The fourth-order valence-electron chi connectivity index (χ4n) is 1.91. The summed E-state index contributed by atoms with van der Waals surface area (Å²) in [4.78, 5) is 23.4. The minimum absolute atomic E-state index is 0.0538. The van der Waals surface area contributed by atoms with Crippen molar-refractivity contribution >= 4 is 11.9 Å². The molecule has 0 spiro atoms. The number of urea groups is 1. The zero-order valence-electron chi connectivity index (χ0n) is 8.89. The zero-order chi connectivity index (χ0) is 12.6. The molecule has 0 aromatic rings. The van der Waals surface area contributed by atoms with Crippen LogP contribution in [-0.4, -0.2) is 69.8 Å². The second-order valence-electron chi connectivity index (χ2n) is 3.96. The normalized spacial score (nSPS) is 38.4. The van der Waals surface area contributed by atoms with Crippen molar-refractivity contribution in [3.05, 3.63) is 0 Å². The third kappa shape index (κ3) is 2.12. The Labute approximate surface area is 96.8 Å². The van der Waals surface area contributed by atoms with Crippen LogP contribution in [0.4, 0.5) is 4.79 Å². The van der Waals surface area contributed by atoms with Crippen molar-refractivity contribution in [2.24, 2.45) is 0 Å². The summed E-state index contributed by atoms with van der Waals surface area (Å²) in [6.45, 7) is -0.388. The van der Waals surface area contributed by atoms with Crippen molar-refractivity contribution in [2.45, 2.75) is 31.0 Å². The average molecular weight is 245 g/mol. The zero-order valence-corrected chi connectivity index (χ0v) is 8.89. The van der Waals surface area contributed by atoms with Gasteiger partial charge in [0.1, 0.15) is 18.3 Å². The summed E-state index contributed by atoms with van der Waals surface area (Å²) in [5.41, 5.74) is 0. The number of hydrogen-bond donors (Lipinski definition) is 3. The summed E-state index contributed by atoms with van der Waals surface area (Å²) in [7, 11) is 0. The van der Waals surface area contributed by atoms with Crippen molar-refractivity contribution in [2.75, 3.05) is 13.2 Å². The number of aliphatic hydroxyl groups is 3. The summed E-state index contributed by atoms with van der Waals surface area (Å²) in [5, 5.41) is 31.3. The van der Waals surface area contributed by atoms with Crippen LogP contribution in [0.25, 0.3) is 0 Å². The standard InChI is InChI=1S/C9H13N2O6/c12-3-4-6(14)7(15)8(17-4)11-2-1-5(13)10-9(11)16/h4,6-8,12,14-15H,1-3H2/t4-,6-,7-,8-/m1/s1. The van der Waals surface area contributed by atoms with E-state index in [2.05, 4.69) is 5.32 Å². The monoisotopic (exact) mass is 245 g/mol. The summed E-state index contributed by atoms with van der Waals surface area (Å²) < 4.78 is 5.16. The molecule has 2 heterocycles. The van der Waals surface area contributed by atoms with Crippen LogP contribution in [0, 0.1) is 0 Å².